The van der Waals surface area contributed by atoms with Gasteiger partial charge >= 0.3 is 0 Å². The molecule has 1 amide bonds. The van der Waals surface area contributed by atoms with Crippen LogP contribution in [0.2, 0.25) is 0 Å². The monoisotopic (exact) mass is 414 g/mol. The zero-order valence-corrected chi connectivity index (χ0v) is 18.3. The molecule has 0 aromatic heterocycles. The number of rotatable bonds is 7. The molecule has 2 aromatic rings. The lowest BCUT2D eigenvalue weighted by Gasteiger charge is -2.22. The van der Waals surface area contributed by atoms with Gasteiger partial charge in [0, 0.05) is 12.6 Å². The quantitative estimate of drug-likeness (QED) is 0.737. The van der Waals surface area contributed by atoms with Crippen LogP contribution in [0.25, 0.3) is 0 Å². The molecule has 0 saturated heterocycles. The third-order valence-corrected chi connectivity index (χ3v) is 7.54. The number of hydrogen-bond acceptors (Lipinski definition) is 3. The molecule has 2 aromatic carbocycles. The Bertz CT molecular complexity index is 968. The summed E-state index contributed by atoms with van der Waals surface area (Å²) >= 11 is 0. The van der Waals surface area contributed by atoms with E-state index in [1.165, 1.54) is 35.3 Å². The number of benzene rings is 2. The van der Waals surface area contributed by atoms with Gasteiger partial charge in [-0.25, -0.2) is 8.42 Å². The van der Waals surface area contributed by atoms with Crippen LogP contribution in [0, 0.1) is 0 Å². The first-order valence-electron chi connectivity index (χ1n) is 10.3. The average Bonchev–Trinajstić information content (AvgIpc) is 2.76. The zero-order chi connectivity index (χ0) is 21.0. The fraction of sp³-hybridized carbons (Fsp3) is 0.435. The van der Waals surface area contributed by atoms with Crippen molar-refractivity contribution < 1.29 is 13.2 Å². The van der Waals surface area contributed by atoms with Crippen LogP contribution in [0.3, 0.4) is 0 Å². The molecule has 0 saturated carbocycles. The summed E-state index contributed by atoms with van der Waals surface area (Å²) in [5, 5.41) is 3.13. The SMILES string of the molecule is CCC(NC(=O)c1ccc(N(C)S(=O)(=O)CC)cc1)c1ccc2c(c1)CCCC2. The van der Waals surface area contributed by atoms with Gasteiger partial charge in [-0.05, 0) is 80.0 Å². The molecular formula is C23H30N2O3S. The highest BCUT2D eigenvalue weighted by Gasteiger charge is 2.19. The molecule has 1 unspecified atom stereocenters. The first kappa shape index (κ1) is 21.4. The summed E-state index contributed by atoms with van der Waals surface area (Å²) in [7, 11) is -1.79. The van der Waals surface area contributed by atoms with Crippen molar-refractivity contribution in [3.63, 3.8) is 0 Å². The number of carbonyl (C=O) groups is 1. The van der Waals surface area contributed by atoms with Gasteiger partial charge in [-0.2, -0.15) is 0 Å². The molecule has 156 valence electrons. The van der Waals surface area contributed by atoms with E-state index >= 15 is 0 Å². The van der Waals surface area contributed by atoms with E-state index in [0.717, 1.165) is 24.8 Å². The standard InChI is InChI=1S/C23H30N2O3S/c1-4-22(20-11-10-17-8-6-7-9-19(17)16-20)24-23(26)18-12-14-21(15-13-18)25(3)29(27,28)5-2/h10-16,22H,4-9H2,1-3H3,(H,24,26). The van der Waals surface area contributed by atoms with Gasteiger partial charge in [-0.3, -0.25) is 9.10 Å². The second-order valence-corrected chi connectivity index (χ2v) is 9.87. The Morgan fingerprint density at radius 3 is 2.31 bits per heavy atom. The molecule has 0 radical (unpaired) electrons. The van der Waals surface area contributed by atoms with Crippen molar-refractivity contribution in [2.45, 2.75) is 52.0 Å². The lowest BCUT2D eigenvalue weighted by molar-refractivity contribution is 0.0935. The molecule has 1 atom stereocenters. The third-order valence-electron chi connectivity index (χ3n) is 5.76. The molecule has 5 nitrogen and oxygen atoms in total. The maximum Gasteiger partial charge on any atom is 0.251 e. The van der Waals surface area contributed by atoms with Gasteiger partial charge in [0.2, 0.25) is 10.0 Å². The van der Waals surface area contributed by atoms with Crippen molar-refractivity contribution in [3.8, 4) is 0 Å². The van der Waals surface area contributed by atoms with Gasteiger partial charge in [-0.1, -0.05) is 25.1 Å². The number of sulfonamides is 1. The Hall–Kier alpha value is -2.34. The van der Waals surface area contributed by atoms with Crippen LogP contribution in [0.4, 0.5) is 5.69 Å². The molecule has 0 bridgehead atoms. The molecule has 1 aliphatic rings. The lowest BCUT2D eigenvalue weighted by Crippen LogP contribution is -2.29. The zero-order valence-electron chi connectivity index (χ0n) is 17.4. The van der Waals surface area contributed by atoms with Crippen molar-refractivity contribution in [1.29, 1.82) is 0 Å². The predicted octanol–water partition coefficient (Wildman–Crippen LogP) is 4.23. The molecule has 0 fully saturated rings. The Balaban J connectivity index is 1.73. The molecule has 3 rings (SSSR count). The normalized spacial score (nSPS) is 14.7. The van der Waals surface area contributed by atoms with Crippen molar-refractivity contribution >= 4 is 21.6 Å². The fourth-order valence-corrected chi connectivity index (χ4v) is 4.64. The largest absolute Gasteiger partial charge is 0.345 e. The molecule has 0 aliphatic heterocycles. The minimum Gasteiger partial charge on any atom is -0.345 e. The van der Waals surface area contributed by atoms with Gasteiger partial charge in [0.05, 0.1) is 17.5 Å². The van der Waals surface area contributed by atoms with Crippen molar-refractivity contribution in [2.24, 2.45) is 0 Å². The van der Waals surface area contributed by atoms with Crippen LogP contribution in [-0.4, -0.2) is 27.1 Å². The number of nitrogens with one attached hydrogen (secondary N) is 1. The molecule has 29 heavy (non-hydrogen) atoms. The Morgan fingerprint density at radius 2 is 1.69 bits per heavy atom. The van der Waals surface area contributed by atoms with E-state index < -0.39 is 10.0 Å². The van der Waals surface area contributed by atoms with Crippen LogP contribution in [0.15, 0.2) is 42.5 Å². The first-order valence-corrected chi connectivity index (χ1v) is 12.0. The van der Waals surface area contributed by atoms with Crippen LogP contribution in [0.1, 0.15) is 66.2 Å². The van der Waals surface area contributed by atoms with Crippen LogP contribution < -0.4 is 9.62 Å². The summed E-state index contributed by atoms with van der Waals surface area (Å²) in [6.07, 6.45) is 5.55. The van der Waals surface area contributed by atoms with Gasteiger partial charge in [0.15, 0.2) is 0 Å². The topological polar surface area (TPSA) is 66.5 Å². The molecule has 1 N–H and O–H groups in total. The predicted molar refractivity (Wildman–Crippen MR) is 118 cm³/mol. The minimum absolute atomic E-state index is 0.0324. The highest BCUT2D eigenvalue weighted by atomic mass is 32.2. The highest BCUT2D eigenvalue weighted by molar-refractivity contribution is 7.92. The average molecular weight is 415 g/mol. The van der Waals surface area contributed by atoms with Gasteiger partial charge in [0.1, 0.15) is 0 Å². The van der Waals surface area contributed by atoms with Gasteiger partial charge < -0.3 is 5.32 Å². The number of aryl methyl sites for hydroxylation is 2. The van der Waals surface area contributed by atoms with Crippen molar-refractivity contribution in [2.75, 3.05) is 17.1 Å². The van der Waals surface area contributed by atoms with Crippen molar-refractivity contribution in [3.05, 3.63) is 64.7 Å². The molecule has 6 heteroatoms. The second-order valence-electron chi connectivity index (χ2n) is 7.58. The minimum atomic E-state index is -3.32. The third kappa shape index (κ3) is 4.81. The van der Waals surface area contributed by atoms with Crippen LogP contribution in [-0.2, 0) is 22.9 Å². The van der Waals surface area contributed by atoms with E-state index in [4.69, 9.17) is 0 Å². The van der Waals surface area contributed by atoms with E-state index in [2.05, 4.69) is 30.4 Å². The number of nitrogens with zero attached hydrogens (tertiary/aromatic N) is 1. The van der Waals surface area contributed by atoms with Crippen molar-refractivity contribution in [1.82, 2.24) is 5.32 Å². The van der Waals surface area contributed by atoms with Gasteiger partial charge in [-0.15, -0.1) is 0 Å². The Labute approximate surface area is 174 Å². The maximum atomic E-state index is 12.8. The van der Waals surface area contributed by atoms with Gasteiger partial charge in [0.25, 0.3) is 5.91 Å². The number of amides is 1. The number of carbonyl (C=O) groups excluding carboxylic acids is 1. The summed E-state index contributed by atoms with van der Waals surface area (Å²) in [4.78, 5) is 12.8. The molecule has 0 heterocycles. The first-order chi connectivity index (χ1) is 13.9. The summed E-state index contributed by atoms with van der Waals surface area (Å²) in [5.74, 6) is -0.118. The smallest absolute Gasteiger partial charge is 0.251 e. The maximum absolute atomic E-state index is 12.8. The number of anilines is 1. The Kier molecular flexibility index (Phi) is 6.63. The van der Waals surface area contributed by atoms with Crippen LogP contribution >= 0.6 is 0 Å². The fourth-order valence-electron chi connectivity index (χ4n) is 3.81. The Morgan fingerprint density at radius 1 is 1.03 bits per heavy atom. The summed E-state index contributed by atoms with van der Waals surface area (Å²) < 4.78 is 25.3. The molecular weight excluding hydrogens is 384 g/mol. The molecule has 1 aliphatic carbocycles. The number of fused-ring (bicyclic) bond motifs is 1. The van der Waals surface area contributed by atoms with Crippen LogP contribution in [0.5, 0.6) is 0 Å². The van der Waals surface area contributed by atoms with E-state index in [0.29, 0.717) is 11.3 Å². The van der Waals surface area contributed by atoms with E-state index in [1.807, 2.05) is 0 Å². The van der Waals surface area contributed by atoms with E-state index in [-0.39, 0.29) is 17.7 Å². The second kappa shape index (κ2) is 8.99. The molecule has 0 spiro atoms. The summed E-state index contributed by atoms with van der Waals surface area (Å²) in [5.41, 5.74) is 5.05. The number of hydrogen-bond donors (Lipinski definition) is 1. The highest BCUT2D eigenvalue weighted by Crippen LogP contribution is 2.26. The van der Waals surface area contributed by atoms with E-state index in [1.54, 1.807) is 31.2 Å². The van der Waals surface area contributed by atoms with E-state index in [9.17, 15) is 13.2 Å². The summed E-state index contributed by atoms with van der Waals surface area (Å²) in [6, 6.07) is 13.2. The summed E-state index contributed by atoms with van der Waals surface area (Å²) in [6.45, 7) is 3.68. The lowest BCUT2D eigenvalue weighted by atomic mass is 9.88.